The zero-order valence-electron chi connectivity index (χ0n) is 22.6. The molecule has 0 aliphatic heterocycles. The van der Waals surface area contributed by atoms with Gasteiger partial charge in [-0.3, -0.25) is 0 Å². The van der Waals surface area contributed by atoms with Gasteiger partial charge in [-0.05, 0) is 79.2 Å². The van der Waals surface area contributed by atoms with Crippen LogP contribution < -0.4 is 14.2 Å². The summed E-state index contributed by atoms with van der Waals surface area (Å²) in [5.41, 5.74) is 0. The van der Waals surface area contributed by atoms with Crippen LogP contribution in [0.2, 0.25) is 0 Å². The molecule has 0 bridgehead atoms. The molecule has 0 saturated heterocycles. The van der Waals surface area contributed by atoms with Crippen LogP contribution >= 0.6 is 0 Å². The Balaban J connectivity index is 1.79. The molecule has 0 unspecified atom stereocenters. The van der Waals surface area contributed by atoms with Gasteiger partial charge in [-0.25, -0.2) is 0 Å². The van der Waals surface area contributed by atoms with Gasteiger partial charge < -0.3 is 14.2 Å². The molecule has 0 radical (unpaired) electrons. The van der Waals surface area contributed by atoms with E-state index in [1.54, 1.807) is 36.4 Å². The quantitative estimate of drug-likeness (QED) is 0.129. The van der Waals surface area contributed by atoms with Crippen molar-refractivity contribution in [1.82, 2.24) is 0 Å². The fraction of sp³-hybridized carbons (Fsp3) is 0.379. The smallest absolute Gasteiger partial charge is 0.453 e. The second kappa shape index (κ2) is 14.0. The fourth-order valence-corrected chi connectivity index (χ4v) is 5.56. The molecule has 0 N–H and O–H groups in total. The summed E-state index contributed by atoms with van der Waals surface area (Å²) in [6, 6.07) is 19.4. The molecule has 3 nitrogen and oxygen atoms in total. The second-order valence-corrected chi connectivity index (χ2v) is 11.2. The lowest BCUT2D eigenvalue weighted by Gasteiger charge is -2.19. The number of alkyl halides is 10. The summed E-state index contributed by atoms with van der Waals surface area (Å²) in [5, 5.41) is 0. The Hall–Kier alpha value is -3.29. The van der Waals surface area contributed by atoms with Gasteiger partial charge in [0.15, 0.2) is 14.7 Å². The maximum absolute atomic E-state index is 13.2. The van der Waals surface area contributed by atoms with E-state index in [1.807, 2.05) is 19.1 Å². The van der Waals surface area contributed by atoms with Crippen LogP contribution in [0.5, 0.6) is 17.2 Å². The van der Waals surface area contributed by atoms with E-state index in [-0.39, 0.29) is 11.5 Å². The highest BCUT2D eigenvalue weighted by Crippen LogP contribution is 2.39. The SMILES string of the molecule is CCCOc1ccc([S+](c2ccc(OCCC(F)(F)C(F)(F)F)cc2)c2ccc(OCCC(F)(F)C(F)(F)F)cc2)cc1. The van der Waals surface area contributed by atoms with Crippen LogP contribution in [-0.2, 0) is 10.9 Å². The first-order valence-electron chi connectivity index (χ1n) is 12.9. The molecule has 0 saturated carbocycles. The summed E-state index contributed by atoms with van der Waals surface area (Å²) in [7, 11) is -0.813. The molecule has 0 atom stereocenters. The van der Waals surface area contributed by atoms with Crippen molar-refractivity contribution in [1.29, 1.82) is 0 Å². The minimum Gasteiger partial charge on any atom is -0.494 e. The van der Waals surface area contributed by atoms with Crippen molar-refractivity contribution in [3.63, 3.8) is 0 Å². The third-order valence-electron chi connectivity index (χ3n) is 5.85. The van der Waals surface area contributed by atoms with Crippen LogP contribution in [0.3, 0.4) is 0 Å². The summed E-state index contributed by atoms with van der Waals surface area (Å²) in [6.07, 6.45) is -13.6. The number of halogens is 10. The van der Waals surface area contributed by atoms with Crippen LogP contribution in [0, 0.1) is 0 Å². The molecule has 0 spiro atoms. The number of rotatable bonds is 14. The average molecular weight is 646 g/mol. The van der Waals surface area contributed by atoms with E-state index < -0.39 is 61.1 Å². The first kappa shape index (κ1) is 34.2. The summed E-state index contributed by atoms with van der Waals surface area (Å²) >= 11 is 0. The number of ether oxygens (including phenoxy) is 3. The summed E-state index contributed by atoms with van der Waals surface area (Å²) in [5.74, 6) is -8.99. The topological polar surface area (TPSA) is 27.7 Å². The van der Waals surface area contributed by atoms with Crippen LogP contribution in [0.4, 0.5) is 43.9 Å². The highest BCUT2D eigenvalue weighted by molar-refractivity contribution is 7.97. The maximum atomic E-state index is 13.2. The third-order valence-corrected chi connectivity index (χ3v) is 8.08. The molecule has 0 aliphatic rings. The largest absolute Gasteiger partial charge is 0.494 e. The minimum atomic E-state index is -5.68. The average Bonchev–Trinajstić information content (AvgIpc) is 2.93. The zero-order chi connectivity index (χ0) is 31.9. The van der Waals surface area contributed by atoms with E-state index in [1.165, 1.54) is 24.3 Å². The van der Waals surface area contributed by atoms with Crippen molar-refractivity contribution in [2.24, 2.45) is 0 Å². The predicted octanol–water partition coefficient (Wildman–Crippen LogP) is 9.50. The number of hydrogen-bond acceptors (Lipinski definition) is 3. The molecule has 14 heteroatoms. The molecule has 0 fully saturated rings. The lowest BCUT2D eigenvalue weighted by atomic mass is 10.2. The van der Waals surface area contributed by atoms with Crippen LogP contribution in [0.1, 0.15) is 26.2 Å². The van der Waals surface area contributed by atoms with Gasteiger partial charge in [0.05, 0.1) is 43.6 Å². The Bertz CT molecular complexity index is 1200. The Morgan fingerprint density at radius 2 is 0.744 bits per heavy atom. The Morgan fingerprint density at radius 1 is 0.465 bits per heavy atom. The van der Waals surface area contributed by atoms with Crippen LogP contribution in [0.25, 0.3) is 0 Å². The second-order valence-electron chi connectivity index (χ2n) is 9.17. The van der Waals surface area contributed by atoms with Gasteiger partial charge in [0, 0.05) is 0 Å². The monoisotopic (exact) mass is 645 g/mol. The van der Waals surface area contributed by atoms with Gasteiger partial charge in [0.25, 0.3) is 0 Å². The van der Waals surface area contributed by atoms with Crippen molar-refractivity contribution < 1.29 is 58.1 Å². The number of hydrogen-bond donors (Lipinski definition) is 0. The van der Waals surface area contributed by atoms with E-state index in [0.29, 0.717) is 22.1 Å². The molecular formula is C29H27F10O3S+. The van der Waals surface area contributed by atoms with Gasteiger partial charge in [-0.15, -0.1) is 0 Å². The molecule has 0 heterocycles. The minimum absolute atomic E-state index is 0.0768. The Kier molecular flexibility index (Phi) is 11.1. The van der Waals surface area contributed by atoms with Crippen molar-refractivity contribution >= 4 is 10.9 Å². The standard InChI is InChI=1S/C29H27F10O3S/c1-2-17-40-20-3-9-23(10-4-20)43(24-11-5-21(6-12-24)41-18-15-26(30,31)28(34,35)36)25-13-7-22(8-14-25)42-19-16-27(32,33)29(37,38)39/h3-14H,2,15-19H2,1H3/q+1. The Morgan fingerprint density at radius 3 is 1.00 bits per heavy atom. The van der Waals surface area contributed by atoms with Crippen molar-refractivity contribution in [3.8, 4) is 17.2 Å². The van der Waals surface area contributed by atoms with Gasteiger partial charge >= 0.3 is 24.2 Å². The van der Waals surface area contributed by atoms with Crippen LogP contribution in [0.15, 0.2) is 87.5 Å². The highest BCUT2D eigenvalue weighted by atomic mass is 32.2. The molecule has 236 valence electrons. The molecule has 0 amide bonds. The molecule has 3 aromatic carbocycles. The van der Waals surface area contributed by atoms with E-state index in [9.17, 15) is 43.9 Å². The lowest BCUT2D eigenvalue weighted by molar-refractivity contribution is -0.285. The van der Waals surface area contributed by atoms with Crippen LogP contribution in [-0.4, -0.2) is 44.0 Å². The summed E-state index contributed by atoms with van der Waals surface area (Å²) in [6.45, 7) is 0.731. The molecule has 3 rings (SSSR count). The van der Waals surface area contributed by atoms with Crippen molar-refractivity contribution in [2.75, 3.05) is 19.8 Å². The third kappa shape index (κ3) is 9.35. The van der Waals surface area contributed by atoms with Gasteiger partial charge in [0.1, 0.15) is 17.2 Å². The highest BCUT2D eigenvalue weighted by Gasteiger charge is 2.57. The first-order valence-corrected chi connectivity index (χ1v) is 14.1. The van der Waals surface area contributed by atoms with E-state index in [4.69, 9.17) is 14.2 Å². The summed E-state index contributed by atoms with van der Waals surface area (Å²) in [4.78, 5) is 2.21. The fourth-order valence-electron chi connectivity index (χ4n) is 3.52. The van der Waals surface area contributed by atoms with Gasteiger partial charge in [-0.1, -0.05) is 6.92 Å². The Labute approximate surface area is 244 Å². The molecular weight excluding hydrogens is 618 g/mol. The zero-order valence-corrected chi connectivity index (χ0v) is 23.4. The normalized spacial score (nSPS) is 12.8. The molecule has 43 heavy (non-hydrogen) atoms. The number of benzene rings is 3. The maximum Gasteiger partial charge on any atom is 0.453 e. The molecule has 0 aliphatic carbocycles. The van der Waals surface area contributed by atoms with E-state index in [2.05, 4.69) is 0 Å². The van der Waals surface area contributed by atoms with Crippen molar-refractivity contribution in [3.05, 3.63) is 72.8 Å². The lowest BCUT2D eigenvalue weighted by Crippen LogP contribution is -2.37. The first-order chi connectivity index (χ1) is 20.0. The molecule has 3 aromatic rings. The van der Waals surface area contributed by atoms with Crippen molar-refractivity contribution in [2.45, 2.75) is 65.1 Å². The predicted molar refractivity (Wildman–Crippen MR) is 140 cm³/mol. The molecule has 0 aromatic heterocycles. The van der Waals surface area contributed by atoms with E-state index in [0.717, 1.165) is 11.3 Å². The van der Waals surface area contributed by atoms with Gasteiger partial charge in [-0.2, -0.15) is 43.9 Å². The van der Waals surface area contributed by atoms with E-state index >= 15 is 0 Å². The van der Waals surface area contributed by atoms with Gasteiger partial charge in [0.2, 0.25) is 0 Å². The summed E-state index contributed by atoms with van der Waals surface area (Å²) < 4.78 is 143.